The number of carbonyl (C=O) groups is 1. The van der Waals surface area contributed by atoms with Crippen molar-refractivity contribution in [3.63, 3.8) is 0 Å². The first-order valence-electron chi connectivity index (χ1n) is 6.32. The SMILES string of the molecule is CCN(CC)Cc1c(C)cc(C)c(C=O)c1C. The van der Waals surface area contributed by atoms with Crippen LogP contribution < -0.4 is 0 Å². The van der Waals surface area contributed by atoms with Gasteiger partial charge >= 0.3 is 0 Å². The van der Waals surface area contributed by atoms with Gasteiger partial charge in [0.15, 0.2) is 6.29 Å². The number of hydrogen-bond donors (Lipinski definition) is 0. The topological polar surface area (TPSA) is 20.3 Å². The normalized spacial score (nSPS) is 10.9. The molecule has 0 bridgehead atoms. The standard InChI is InChI=1S/C15H23NO/c1-6-16(7-2)9-14-11(3)8-12(4)15(10-17)13(14)5/h8,10H,6-7,9H2,1-5H3. The van der Waals surface area contributed by atoms with E-state index in [1.165, 1.54) is 11.1 Å². The first-order valence-corrected chi connectivity index (χ1v) is 6.32. The zero-order valence-corrected chi connectivity index (χ0v) is 11.6. The van der Waals surface area contributed by atoms with Crippen molar-refractivity contribution in [3.8, 4) is 0 Å². The zero-order valence-electron chi connectivity index (χ0n) is 11.6. The molecule has 1 aromatic rings. The molecular formula is C15H23NO. The van der Waals surface area contributed by atoms with Crippen molar-refractivity contribution >= 4 is 6.29 Å². The van der Waals surface area contributed by atoms with Crippen molar-refractivity contribution in [2.45, 2.75) is 41.2 Å². The Labute approximate surface area is 105 Å². The van der Waals surface area contributed by atoms with Crippen molar-refractivity contribution < 1.29 is 4.79 Å². The minimum Gasteiger partial charge on any atom is -0.300 e. The number of rotatable bonds is 5. The number of aryl methyl sites for hydroxylation is 2. The van der Waals surface area contributed by atoms with E-state index in [2.05, 4.69) is 38.7 Å². The Hall–Kier alpha value is -1.15. The Morgan fingerprint density at radius 2 is 1.71 bits per heavy atom. The third-order valence-corrected chi connectivity index (χ3v) is 3.58. The molecule has 0 aliphatic rings. The Kier molecular flexibility index (Phi) is 4.88. The van der Waals surface area contributed by atoms with Gasteiger partial charge in [-0.3, -0.25) is 9.69 Å². The molecule has 0 aromatic heterocycles. The summed E-state index contributed by atoms with van der Waals surface area (Å²) in [4.78, 5) is 13.5. The van der Waals surface area contributed by atoms with E-state index >= 15 is 0 Å². The van der Waals surface area contributed by atoms with E-state index in [0.717, 1.165) is 42.6 Å². The zero-order chi connectivity index (χ0) is 13.0. The highest BCUT2D eigenvalue weighted by Gasteiger charge is 2.12. The van der Waals surface area contributed by atoms with E-state index in [9.17, 15) is 4.79 Å². The summed E-state index contributed by atoms with van der Waals surface area (Å²) in [5.74, 6) is 0. The molecule has 0 aliphatic heterocycles. The van der Waals surface area contributed by atoms with Gasteiger partial charge in [-0.25, -0.2) is 0 Å². The summed E-state index contributed by atoms with van der Waals surface area (Å²) in [5.41, 5.74) is 5.68. The van der Waals surface area contributed by atoms with E-state index in [4.69, 9.17) is 0 Å². The van der Waals surface area contributed by atoms with Gasteiger partial charge in [0, 0.05) is 12.1 Å². The second-order valence-corrected chi connectivity index (χ2v) is 4.61. The molecule has 0 N–H and O–H groups in total. The maximum absolute atomic E-state index is 11.1. The molecule has 2 heteroatoms. The molecule has 2 nitrogen and oxygen atoms in total. The molecule has 0 amide bonds. The molecule has 0 atom stereocenters. The summed E-state index contributed by atoms with van der Waals surface area (Å²) in [7, 11) is 0. The lowest BCUT2D eigenvalue weighted by Crippen LogP contribution is -2.23. The average molecular weight is 233 g/mol. The van der Waals surface area contributed by atoms with Gasteiger partial charge in [-0.1, -0.05) is 19.9 Å². The summed E-state index contributed by atoms with van der Waals surface area (Å²) in [6.07, 6.45) is 0.982. The van der Waals surface area contributed by atoms with Crippen molar-refractivity contribution in [1.82, 2.24) is 4.90 Å². The Balaban J connectivity index is 3.19. The molecule has 0 aliphatic carbocycles. The third kappa shape index (κ3) is 2.95. The van der Waals surface area contributed by atoms with Crippen LogP contribution in [0, 0.1) is 20.8 Å². The van der Waals surface area contributed by atoms with Crippen LogP contribution in [0.2, 0.25) is 0 Å². The number of hydrogen-bond acceptors (Lipinski definition) is 2. The minimum absolute atomic E-state index is 0.859. The third-order valence-electron chi connectivity index (χ3n) is 3.58. The van der Waals surface area contributed by atoms with Crippen LogP contribution in [-0.4, -0.2) is 24.3 Å². The fraction of sp³-hybridized carbons (Fsp3) is 0.533. The highest BCUT2D eigenvalue weighted by atomic mass is 16.1. The lowest BCUT2D eigenvalue weighted by molar-refractivity contribution is 0.112. The van der Waals surface area contributed by atoms with E-state index in [1.54, 1.807) is 0 Å². The smallest absolute Gasteiger partial charge is 0.150 e. The molecule has 0 saturated carbocycles. The second kappa shape index (κ2) is 5.97. The van der Waals surface area contributed by atoms with Gasteiger partial charge in [0.25, 0.3) is 0 Å². The summed E-state index contributed by atoms with van der Waals surface area (Å²) >= 11 is 0. The van der Waals surface area contributed by atoms with Crippen LogP contribution in [-0.2, 0) is 6.54 Å². The van der Waals surface area contributed by atoms with Crippen LogP contribution in [0.1, 0.15) is 46.5 Å². The molecule has 0 radical (unpaired) electrons. The molecule has 0 saturated heterocycles. The number of carbonyl (C=O) groups excluding carboxylic acids is 1. The van der Waals surface area contributed by atoms with E-state index in [-0.39, 0.29) is 0 Å². The summed E-state index contributed by atoms with van der Waals surface area (Å²) in [6.45, 7) is 13.6. The van der Waals surface area contributed by atoms with Gasteiger partial charge in [-0.15, -0.1) is 0 Å². The monoisotopic (exact) mass is 233 g/mol. The van der Waals surface area contributed by atoms with Gasteiger partial charge in [0.1, 0.15) is 0 Å². The molecule has 0 spiro atoms. The van der Waals surface area contributed by atoms with Crippen LogP contribution in [0.15, 0.2) is 6.07 Å². The fourth-order valence-electron chi connectivity index (χ4n) is 2.34. The molecule has 0 fully saturated rings. The van der Waals surface area contributed by atoms with Gasteiger partial charge in [-0.05, 0) is 56.1 Å². The van der Waals surface area contributed by atoms with Crippen LogP contribution in [0.3, 0.4) is 0 Å². The lowest BCUT2D eigenvalue weighted by atomic mass is 9.94. The van der Waals surface area contributed by atoms with Crippen LogP contribution in [0.25, 0.3) is 0 Å². The van der Waals surface area contributed by atoms with Gasteiger partial charge < -0.3 is 0 Å². The highest BCUT2D eigenvalue weighted by Crippen LogP contribution is 2.22. The van der Waals surface area contributed by atoms with Crippen LogP contribution in [0.4, 0.5) is 0 Å². The van der Waals surface area contributed by atoms with Crippen LogP contribution in [0.5, 0.6) is 0 Å². The number of benzene rings is 1. The van der Waals surface area contributed by atoms with Crippen molar-refractivity contribution in [2.24, 2.45) is 0 Å². The van der Waals surface area contributed by atoms with Crippen molar-refractivity contribution in [2.75, 3.05) is 13.1 Å². The first-order chi connectivity index (χ1) is 8.04. The number of nitrogens with zero attached hydrogens (tertiary/aromatic N) is 1. The van der Waals surface area contributed by atoms with Gasteiger partial charge in [-0.2, -0.15) is 0 Å². The van der Waals surface area contributed by atoms with Crippen molar-refractivity contribution in [1.29, 1.82) is 0 Å². The fourth-order valence-corrected chi connectivity index (χ4v) is 2.34. The molecular weight excluding hydrogens is 210 g/mol. The molecule has 1 aromatic carbocycles. The maximum atomic E-state index is 11.1. The van der Waals surface area contributed by atoms with Crippen LogP contribution >= 0.6 is 0 Å². The lowest BCUT2D eigenvalue weighted by Gasteiger charge is -2.22. The molecule has 94 valence electrons. The maximum Gasteiger partial charge on any atom is 0.150 e. The van der Waals surface area contributed by atoms with Gasteiger partial charge in [0.05, 0.1) is 0 Å². The molecule has 0 unspecified atom stereocenters. The first kappa shape index (κ1) is 13.9. The van der Waals surface area contributed by atoms with E-state index < -0.39 is 0 Å². The van der Waals surface area contributed by atoms with E-state index in [0.29, 0.717) is 0 Å². The Morgan fingerprint density at radius 3 is 2.18 bits per heavy atom. The second-order valence-electron chi connectivity index (χ2n) is 4.61. The molecule has 17 heavy (non-hydrogen) atoms. The largest absolute Gasteiger partial charge is 0.300 e. The Bertz CT molecular complexity index is 406. The summed E-state index contributed by atoms with van der Waals surface area (Å²) in [6, 6.07) is 2.12. The molecule has 1 rings (SSSR count). The average Bonchev–Trinajstić information content (AvgIpc) is 2.29. The van der Waals surface area contributed by atoms with E-state index in [1.807, 2.05) is 6.92 Å². The molecule has 0 heterocycles. The predicted molar refractivity (Wildman–Crippen MR) is 72.7 cm³/mol. The quantitative estimate of drug-likeness (QED) is 0.727. The predicted octanol–water partition coefficient (Wildman–Crippen LogP) is 3.27. The minimum atomic E-state index is 0.859. The van der Waals surface area contributed by atoms with Crippen molar-refractivity contribution in [3.05, 3.63) is 33.9 Å². The highest BCUT2D eigenvalue weighted by molar-refractivity contribution is 5.80. The Morgan fingerprint density at radius 1 is 1.12 bits per heavy atom. The van der Waals surface area contributed by atoms with Gasteiger partial charge in [0.2, 0.25) is 0 Å². The number of aldehydes is 1. The summed E-state index contributed by atoms with van der Waals surface area (Å²) in [5, 5.41) is 0. The summed E-state index contributed by atoms with van der Waals surface area (Å²) < 4.78 is 0.